The van der Waals surface area contributed by atoms with E-state index in [1.54, 1.807) is 18.9 Å². The molecule has 0 bridgehead atoms. The van der Waals surface area contributed by atoms with E-state index < -0.39 is 5.60 Å². The number of hydrogen-bond donors (Lipinski definition) is 3. The van der Waals surface area contributed by atoms with Crippen molar-refractivity contribution in [1.29, 1.82) is 0 Å². The molecule has 0 aromatic heterocycles. The number of amides is 1. The van der Waals surface area contributed by atoms with Crippen LogP contribution < -0.4 is 11.1 Å². The van der Waals surface area contributed by atoms with Gasteiger partial charge in [-0.1, -0.05) is 0 Å². The Bertz CT molecular complexity index is 214. The third-order valence-corrected chi connectivity index (χ3v) is 2.84. The molecule has 1 heterocycles. The van der Waals surface area contributed by atoms with E-state index >= 15 is 0 Å². The van der Waals surface area contributed by atoms with Crippen LogP contribution >= 0.6 is 0 Å². The lowest BCUT2D eigenvalue weighted by Crippen LogP contribution is -2.49. The number of primary amides is 1. The van der Waals surface area contributed by atoms with E-state index in [0.717, 1.165) is 13.0 Å². The van der Waals surface area contributed by atoms with Gasteiger partial charge in [-0.25, -0.2) is 0 Å². The van der Waals surface area contributed by atoms with Crippen LogP contribution in [0.4, 0.5) is 0 Å². The van der Waals surface area contributed by atoms with E-state index in [-0.39, 0.29) is 11.9 Å². The molecule has 4 N–H and O–H groups in total. The van der Waals surface area contributed by atoms with Crippen LogP contribution in [-0.2, 0) is 4.79 Å². The molecule has 14 heavy (non-hydrogen) atoms. The highest BCUT2D eigenvalue weighted by Gasteiger charge is 2.33. The molecular weight excluding hydrogens is 182 g/mol. The van der Waals surface area contributed by atoms with Crippen LogP contribution in [0.3, 0.4) is 0 Å². The molecule has 82 valence electrons. The number of hydrogen-bond acceptors (Lipinski definition) is 4. The molecule has 5 nitrogen and oxygen atoms in total. The van der Waals surface area contributed by atoms with Gasteiger partial charge < -0.3 is 16.2 Å². The van der Waals surface area contributed by atoms with Crippen molar-refractivity contribution in [2.75, 3.05) is 26.7 Å². The molecule has 2 atom stereocenters. The number of carbonyl (C=O) groups is 1. The predicted molar refractivity (Wildman–Crippen MR) is 53.7 cm³/mol. The summed E-state index contributed by atoms with van der Waals surface area (Å²) >= 11 is 0. The Balaban J connectivity index is 2.46. The quantitative estimate of drug-likeness (QED) is 0.518. The van der Waals surface area contributed by atoms with Crippen molar-refractivity contribution in [2.45, 2.75) is 25.0 Å². The molecule has 0 aromatic rings. The normalized spacial score (nSPS) is 29.4. The number of β-amino-alcohol motifs (C(OH)–C–C–N with tert-alkyl or cyclic N) is 1. The molecule has 1 saturated heterocycles. The highest BCUT2D eigenvalue weighted by Crippen LogP contribution is 2.16. The van der Waals surface area contributed by atoms with E-state index in [1.165, 1.54) is 0 Å². The van der Waals surface area contributed by atoms with Crippen LogP contribution in [0.15, 0.2) is 0 Å². The predicted octanol–water partition coefficient (Wildman–Crippen LogP) is -1.48. The molecular formula is C9H19N3O2. The van der Waals surface area contributed by atoms with Crippen molar-refractivity contribution in [3.63, 3.8) is 0 Å². The van der Waals surface area contributed by atoms with Crippen LogP contribution in [0.1, 0.15) is 13.3 Å². The summed E-state index contributed by atoms with van der Waals surface area (Å²) in [6.07, 6.45) is 0.725. The molecule has 2 unspecified atom stereocenters. The Morgan fingerprint density at radius 3 is 2.86 bits per heavy atom. The SMILES string of the molecule is CC(C(N)=O)N(C)CC1(O)CCNC1. The maximum Gasteiger partial charge on any atom is 0.234 e. The minimum absolute atomic E-state index is 0.334. The largest absolute Gasteiger partial charge is 0.387 e. The smallest absolute Gasteiger partial charge is 0.234 e. The summed E-state index contributed by atoms with van der Waals surface area (Å²) in [5.74, 6) is -0.359. The first-order valence-electron chi connectivity index (χ1n) is 4.87. The Kier molecular flexibility index (Phi) is 3.47. The molecule has 1 aliphatic rings. The zero-order chi connectivity index (χ0) is 10.8. The first-order chi connectivity index (χ1) is 6.44. The molecule has 1 rings (SSSR count). The lowest BCUT2D eigenvalue weighted by atomic mass is 10.0. The fourth-order valence-electron chi connectivity index (χ4n) is 1.68. The van der Waals surface area contributed by atoms with Gasteiger partial charge in [-0.15, -0.1) is 0 Å². The molecule has 0 spiro atoms. The number of nitrogens with one attached hydrogen (secondary N) is 1. The lowest BCUT2D eigenvalue weighted by Gasteiger charge is -2.30. The molecule has 5 heteroatoms. The summed E-state index contributed by atoms with van der Waals surface area (Å²) in [5.41, 5.74) is 4.47. The molecule has 1 aliphatic heterocycles. The topological polar surface area (TPSA) is 78.6 Å². The van der Waals surface area contributed by atoms with Crippen LogP contribution in [0.5, 0.6) is 0 Å². The third kappa shape index (κ3) is 2.67. The first-order valence-corrected chi connectivity index (χ1v) is 4.87. The number of aliphatic hydroxyl groups is 1. The van der Waals surface area contributed by atoms with E-state index in [9.17, 15) is 9.90 Å². The number of rotatable bonds is 4. The lowest BCUT2D eigenvalue weighted by molar-refractivity contribution is -0.123. The van der Waals surface area contributed by atoms with Gasteiger partial charge in [-0.2, -0.15) is 0 Å². The van der Waals surface area contributed by atoms with Crippen LogP contribution in [-0.4, -0.2) is 54.2 Å². The minimum atomic E-state index is -0.710. The van der Waals surface area contributed by atoms with E-state index in [2.05, 4.69) is 5.32 Å². The summed E-state index contributed by atoms with van der Waals surface area (Å²) in [6, 6.07) is -0.334. The highest BCUT2D eigenvalue weighted by molar-refractivity contribution is 5.79. The Hall–Kier alpha value is -0.650. The fraction of sp³-hybridized carbons (Fsp3) is 0.889. The van der Waals surface area contributed by atoms with Gasteiger partial charge >= 0.3 is 0 Å². The van der Waals surface area contributed by atoms with Crippen molar-refractivity contribution >= 4 is 5.91 Å². The Labute approximate surface area is 84.3 Å². The van der Waals surface area contributed by atoms with Gasteiger partial charge in [-0.3, -0.25) is 9.69 Å². The van der Waals surface area contributed by atoms with Crippen LogP contribution in [0.2, 0.25) is 0 Å². The average Bonchev–Trinajstić information content (AvgIpc) is 2.50. The first kappa shape index (κ1) is 11.4. The van der Waals surface area contributed by atoms with Gasteiger partial charge in [-0.05, 0) is 26.9 Å². The maximum absolute atomic E-state index is 10.9. The Morgan fingerprint density at radius 1 is 1.79 bits per heavy atom. The van der Waals surface area contributed by atoms with Gasteiger partial charge in [0.05, 0.1) is 11.6 Å². The van der Waals surface area contributed by atoms with Gasteiger partial charge in [0, 0.05) is 13.1 Å². The number of nitrogens with two attached hydrogens (primary N) is 1. The standard InChI is InChI=1S/C9H19N3O2/c1-7(8(10)13)12(2)6-9(14)3-4-11-5-9/h7,11,14H,3-6H2,1-2H3,(H2,10,13). The second-order valence-corrected chi connectivity index (χ2v) is 4.14. The van der Waals surface area contributed by atoms with E-state index in [4.69, 9.17) is 5.73 Å². The summed E-state index contributed by atoms with van der Waals surface area (Å²) in [7, 11) is 1.80. The maximum atomic E-state index is 10.9. The molecule has 0 aromatic carbocycles. The van der Waals surface area contributed by atoms with Gasteiger partial charge in [0.2, 0.25) is 5.91 Å². The molecule has 0 aliphatic carbocycles. The molecule has 1 amide bonds. The second kappa shape index (κ2) is 4.25. The second-order valence-electron chi connectivity index (χ2n) is 4.14. The molecule has 0 radical (unpaired) electrons. The van der Waals surface area contributed by atoms with Crippen molar-refractivity contribution in [3.8, 4) is 0 Å². The average molecular weight is 201 g/mol. The van der Waals surface area contributed by atoms with Gasteiger partial charge in [0.15, 0.2) is 0 Å². The Morgan fingerprint density at radius 2 is 2.43 bits per heavy atom. The van der Waals surface area contributed by atoms with E-state index in [0.29, 0.717) is 13.1 Å². The highest BCUT2D eigenvalue weighted by atomic mass is 16.3. The van der Waals surface area contributed by atoms with Gasteiger partial charge in [0.1, 0.15) is 0 Å². The minimum Gasteiger partial charge on any atom is -0.387 e. The zero-order valence-electron chi connectivity index (χ0n) is 8.79. The number of carbonyl (C=O) groups excluding carboxylic acids is 1. The summed E-state index contributed by atoms with van der Waals surface area (Å²) in [5, 5.41) is 13.1. The van der Waals surface area contributed by atoms with Crippen LogP contribution in [0, 0.1) is 0 Å². The number of nitrogens with zero attached hydrogens (tertiary/aromatic N) is 1. The van der Waals surface area contributed by atoms with Crippen molar-refractivity contribution < 1.29 is 9.90 Å². The molecule has 1 fully saturated rings. The summed E-state index contributed by atoms with van der Waals surface area (Å²) < 4.78 is 0. The molecule has 0 saturated carbocycles. The summed E-state index contributed by atoms with van der Waals surface area (Å²) in [4.78, 5) is 12.7. The van der Waals surface area contributed by atoms with Crippen LogP contribution in [0.25, 0.3) is 0 Å². The summed E-state index contributed by atoms with van der Waals surface area (Å²) in [6.45, 7) is 3.64. The third-order valence-electron chi connectivity index (χ3n) is 2.84. The van der Waals surface area contributed by atoms with Gasteiger partial charge in [0.25, 0.3) is 0 Å². The van der Waals surface area contributed by atoms with Crippen molar-refractivity contribution in [3.05, 3.63) is 0 Å². The number of likely N-dealkylation sites (N-methyl/N-ethyl adjacent to an activating group) is 1. The van der Waals surface area contributed by atoms with E-state index in [1.807, 2.05) is 0 Å². The zero-order valence-corrected chi connectivity index (χ0v) is 8.79. The fourth-order valence-corrected chi connectivity index (χ4v) is 1.68. The monoisotopic (exact) mass is 201 g/mol. The van der Waals surface area contributed by atoms with Crippen molar-refractivity contribution in [1.82, 2.24) is 10.2 Å². The van der Waals surface area contributed by atoms with Crippen molar-refractivity contribution in [2.24, 2.45) is 5.73 Å².